The fourth-order valence-corrected chi connectivity index (χ4v) is 5.39. The molecule has 2 aliphatic rings. The molecular weight excluding hydrogens is 448 g/mol. The summed E-state index contributed by atoms with van der Waals surface area (Å²) in [6.45, 7) is 4.96. The van der Waals surface area contributed by atoms with Gasteiger partial charge in [0, 0.05) is 44.0 Å². The molecule has 0 saturated carbocycles. The van der Waals surface area contributed by atoms with Crippen LogP contribution in [0.1, 0.15) is 36.9 Å². The second-order valence-corrected chi connectivity index (χ2v) is 10.3. The van der Waals surface area contributed by atoms with Crippen LogP contribution in [0.15, 0.2) is 41.8 Å². The van der Waals surface area contributed by atoms with Crippen LogP contribution in [-0.2, 0) is 6.42 Å². The van der Waals surface area contributed by atoms with Gasteiger partial charge in [0.05, 0.1) is 17.4 Å². The molecule has 2 aliphatic heterocycles. The molecule has 8 nitrogen and oxygen atoms in total. The number of piperidine rings is 2. The van der Waals surface area contributed by atoms with Crippen LogP contribution in [0.4, 0.5) is 22.7 Å². The summed E-state index contributed by atoms with van der Waals surface area (Å²) in [7, 11) is 0. The molecule has 0 atom stereocenters. The Balaban J connectivity index is 1.34. The summed E-state index contributed by atoms with van der Waals surface area (Å²) in [4.78, 5) is 18.5. The molecule has 0 bridgehead atoms. The van der Waals surface area contributed by atoms with Crippen molar-refractivity contribution in [1.82, 2.24) is 15.0 Å². The second-order valence-electron chi connectivity index (χ2n) is 9.42. The standard InChI is InChI=1S/C25H32N6O2S/c1-18-17-34-24(26-18)29-23-27-21(30-11-7-20(32)8-12-30)15-22(28-23)31-13-9-25(33,10-14-31)16-19-5-3-2-4-6-19/h2-6,15,17,20,32-33H,7-14,16H2,1H3,(H,26,27,28,29). The molecular formula is C25H32N6O2S. The minimum Gasteiger partial charge on any atom is -0.393 e. The Kier molecular flexibility index (Phi) is 6.67. The van der Waals surface area contributed by atoms with E-state index < -0.39 is 5.60 Å². The van der Waals surface area contributed by atoms with Crippen LogP contribution in [0.2, 0.25) is 0 Å². The van der Waals surface area contributed by atoms with E-state index >= 15 is 0 Å². The molecule has 4 heterocycles. The number of nitrogens with zero attached hydrogens (tertiary/aromatic N) is 5. The van der Waals surface area contributed by atoms with Crippen LogP contribution in [0.25, 0.3) is 0 Å². The lowest BCUT2D eigenvalue weighted by Crippen LogP contribution is -2.46. The zero-order valence-corrected chi connectivity index (χ0v) is 20.3. The summed E-state index contributed by atoms with van der Waals surface area (Å²) in [5.74, 6) is 2.24. The molecule has 0 spiro atoms. The molecule has 0 radical (unpaired) electrons. The Bertz CT molecular complexity index is 1090. The first-order valence-corrected chi connectivity index (χ1v) is 12.9. The first kappa shape index (κ1) is 23.0. The van der Waals surface area contributed by atoms with Crippen LogP contribution in [0.3, 0.4) is 0 Å². The lowest BCUT2D eigenvalue weighted by Gasteiger charge is -2.39. The van der Waals surface area contributed by atoms with Gasteiger partial charge < -0.3 is 20.0 Å². The summed E-state index contributed by atoms with van der Waals surface area (Å²) in [5.41, 5.74) is 1.43. The molecule has 3 aromatic rings. The smallest absolute Gasteiger partial charge is 0.232 e. The highest BCUT2D eigenvalue weighted by Crippen LogP contribution is 2.31. The predicted molar refractivity (Wildman–Crippen MR) is 136 cm³/mol. The largest absolute Gasteiger partial charge is 0.393 e. The summed E-state index contributed by atoms with van der Waals surface area (Å²) >= 11 is 1.53. The Hall–Kier alpha value is -2.75. The second kappa shape index (κ2) is 9.85. The minimum atomic E-state index is -0.698. The molecule has 3 N–H and O–H groups in total. The summed E-state index contributed by atoms with van der Waals surface area (Å²) in [5, 5.41) is 27.2. The highest BCUT2D eigenvalue weighted by atomic mass is 32.1. The topological polar surface area (TPSA) is 97.6 Å². The molecule has 9 heteroatoms. The molecule has 2 aromatic heterocycles. The van der Waals surface area contributed by atoms with E-state index in [-0.39, 0.29) is 6.10 Å². The third-order valence-corrected chi connectivity index (χ3v) is 7.60. The van der Waals surface area contributed by atoms with Crippen LogP contribution in [0, 0.1) is 6.92 Å². The number of hydrogen-bond acceptors (Lipinski definition) is 9. The van der Waals surface area contributed by atoms with Gasteiger partial charge in [0.1, 0.15) is 11.6 Å². The maximum atomic E-state index is 11.2. The summed E-state index contributed by atoms with van der Waals surface area (Å²) < 4.78 is 0. The molecule has 0 unspecified atom stereocenters. The van der Waals surface area contributed by atoms with Gasteiger partial charge in [-0.1, -0.05) is 30.3 Å². The van der Waals surface area contributed by atoms with Crippen molar-refractivity contribution in [3.05, 3.63) is 53.0 Å². The predicted octanol–water partition coefficient (Wildman–Crippen LogP) is 3.52. The highest BCUT2D eigenvalue weighted by molar-refractivity contribution is 7.13. The van der Waals surface area contributed by atoms with Crippen molar-refractivity contribution in [2.45, 2.75) is 50.7 Å². The van der Waals surface area contributed by atoms with E-state index in [1.807, 2.05) is 36.6 Å². The number of anilines is 4. The van der Waals surface area contributed by atoms with Gasteiger partial charge >= 0.3 is 0 Å². The van der Waals surface area contributed by atoms with E-state index in [4.69, 9.17) is 9.97 Å². The van der Waals surface area contributed by atoms with Gasteiger partial charge in [-0.2, -0.15) is 9.97 Å². The Morgan fingerprint density at radius 2 is 1.65 bits per heavy atom. The van der Waals surface area contributed by atoms with E-state index in [0.29, 0.717) is 25.2 Å². The first-order valence-electron chi connectivity index (χ1n) is 12.0. The number of thiazole rings is 1. The van der Waals surface area contributed by atoms with E-state index in [2.05, 4.69) is 32.2 Å². The van der Waals surface area contributed by atoms with E-state index in [0.717, 1.165) is 61.5 Å². The Morgan fingerprint density at radius 3 is 2.26 bits per heavy atom. The number of aliphatic hydroxyl groups is 2. The fourth-order valence-electron chi connectivity index (χ4n) is 4.71. The van der Waals surface area contributed by atoms with Crippen LogP contribution in [0.5, 0.6) is 0 Å². The van der Waals surface area contributed by atoms with Crippen LogP contribution < -0.4 is 15.1 Å². The Labute approximate surface area is 204 Å². The monoisotopic (exact) mass is 480 g/mol. The third-order valence-electron chi connectivity index (χ3n) is 6.72. The molecule has 0 aliphatic carbocycles. The van der Waals surface area contributed by atoms with E-state index in [1.54, 1.807) is 0 Å². The molecule has 180 valence electrons. The van der Waals surface area contributed by atoms with Gasteiger partial charge in [-0.3, -0.25) is 5.32 Å². The van der Waals surface area contributed by atoms with E-state index in [1.165, 1.54) is 16.9 Å². The normalized spacial score (nSPS) is 18.8. The van der Waals surface area contributed by atoms with Gasteiger partial charge in [-0.25, -0.2) is 4.98 Å². The minimum absolute atomic E-state index is 0.238. The van der Waals surface area contributed by atoms with Gasteiger partial charge in [-0.05, 0) is 38.2 Å². The number of aliphatic hydroxyl groups excluding tert-OH is 1. The van der Waals surface area contributed by atoms with Crippen molar-refractivity contribution in [3.63, 3.8) is 0 Å². The van der Waals surface area contributed by atoms with Crippen LogP contribution in [-0.4, -0.2) is 63.0 Å². The van der Waals surface area contributed by atoms with Gasteiger partial charge in [0.15, 0.2) is 5.13 Å². The fraction of sp³-hybridized carbons (Fsp3) is 0.480. The molecule has 34 heavy (non-hydrogen) atoms. The van der Waals surface area contributed by atoms with Crippen molar-refractivity contribution >= 4 is 34.1 Å². The Morgan fingerprint density at radius 1 is 1.00 bits per heavy atom. The number of rotatable bonds is 6. The first-order chi connectivity index (χ1) is 16.5. The zero-order chi connectivity index (χ0) is 23.5. The maximum Gasteiger partial charge on any atom is 0.232 e. The highest BCUT2D eigenvalue weighted by Gasteiger charge is 2.33. The number of aryl methyl sites for hydroxylation is 1. The van der Waals surface area contributed by atoms with Crippen LogP contribution >= 0.6 is 11.3 Å². The van der Waals surface area contributed by atoms with Crippen molar-refractivity contribution in [3.8, 4) is 0 Å². The lowest BCUT2D eigenvalue weighted by molar-refractivity contribution is 0.0164. The maximum absolute atomic E-state index is 11.2. The average molecular weight is 481 g/mol. The molecule has 2 saturated heterocycles. The van der Waals surface area contributed by atoms with E-state index in [9.17, 15) is 10.2 Å². The third kappa shape index (κ3) is 5.48. The zero-order valence-electron chi connectivity index (χ0n) is 19.5. The number of aromatic nitrogens is 3. The van der Waals surface area contributed by atoms with Crippen molar-refractivity contribution in [2.75, 3.05) is 41.3 Å². The van der Waals surface area contributed by atoms with Crippen molar-refractivity contribution in [2.24, 2.45) is 0 Å². The van der Waals surface area contributed by atoms with Gasteiger partial charge in [-0.15, -0.1) is 11.3 Å². The quantitative estimate of drug-likeness (QED) is 0.493. The summed E-state index contributed by atoms with van der Waals surface area (Å²) in [6, 6.07) is 12.2. The average Bonchev–Trinajstić information content (AvgIpc) is 3.24. The molecule has 1 aromatic carbocycles. The van der Waals surface area contributed by atoms with Gasteiger partial charge in [0.2, 0.25) is 5.95 Å². The number of nitrogens with one attached hydrogen (secondary N) is 1. The molecule has 0 amide bonds. The van der Waals surface area contributed by atoms with Crippen molar-refractivity contribution < 1.29 is 10.2 Å². The molecule has 5 rings (SSSR count). The number of hydrogen-bond donors (Lipinski definition) is 3. The SMILES string of the molecule is Cc1csc(Nc2nc(N3CCC(O)CC3)cc(N3CCC(O)(Cc4ccccc4)CC3)n2)n1. The number of benzene rings is 1. The molecule has 2 fully saturated rings. The van der Waals surface area contributed by atoms with Crippen molar-refractivity contribution in [1.29, 1.82) is 0 Å². The van der Waals surface area contributed by atoms with Gasteiger partial charge in [0.25, 0.3) is 0 Å². The lowest BCUT2D eigenvalue weighted by atomic mass is 9.85. The summed E-state index contributed by atoms with van der Waals surface area (Å²) in [6.07, 6.45) is 3.28.